The summed E-state index contributed by atoms with van der Waals surface area (Å²) in [6.45, 7) is 6.11. The van der Waals surface area contributed by atoms with Gasteiger partial charge in [-0.25, -0.2) is 14.8 Å². The number of carbonyl (C=O) groups excluding carboxylic acids is 1. The zero-order chi connectivity index (χ0) is 23.8. The van der Waals surface area contributed by atoms with Crippen LogP contribution in [-0.4, -0.2) is 30.9 Å². The van der Waals surface area contributed by atoms with E-state index in [0.717, 1.165) is 16.1 Å². The van der Waals surface area contributed by atoms with E-state index in [0.29, 0.717) is 28.0 Å². The summed E-state index contributed by atoms with van der Waals surface area (Å²) in [7, 11) is 0. The summed E-state index contributed by atoms with van der Waals surface area (Å²) < 4.78 is 1.83. The second-order valence-electron chi connectivity index (χ2n) is 8.23. The molecule has 0 aliphatic carbocycles. The molecule has 2 N–H and O–H groups in total. The molecule has 0 aliphatic heterocycles. The smallest absolute Gasteiger partial charge is 0.264 e. The Morgan fingerprint density at radius 1 is 1.09 bits per heavy atom. The number of nitrogens with one attached hydrogen (secondary N) is 2. The van der Waals surface area contributed by atoms with Crippen LogP contribution in [0.3, 0.4) is 0 Å². The van der Waals surface area contributed by atoms with Gasteiger partial charge in [0.25, 0.3) is 11.5 Å². The van der Waals surface area contributed by atoms with Gasteiger partial charge in [-0.1, -0.05) is 12.1 Å². The van der Waals surface area contributed by atoms with Crippen molar-refractivity contribution in [2.75, 3.05) is 5.32 Å². The van der Waals surface area contributed by atoms with E-state index in [9.17, 15) is 9.59 Å². The van der Waals surface area contributed by atoms with Crippen LogP contribution >= 0.6 is 11.3 Å². The predicted molar refractivity (Wildman–Crippen MR) is 134 cm³/mol. The Morgan fingerprint density at radius 3 is 2.65 bits per heavy atom. The highest BCUT2D eigenvalue weighted by Gasteiger charge is 2.19. The van der Waals surface area contributed by atoms with Crippen LogP contribution in [-0.2, 0) is 0 Å². The number of H-pyrrole nitrogens is 1. The maximum Gasteiger partial charge on any atom is 0.264 e. The third-order valence-corrected chi connectivity index (χ3v) is 6.41. The molecule has 170 valence electrons. The minimum absolute atomic E-state index is 0.0997. The van der Waals surface area contributed by atoms with Gasteiger partial charge in [0.15, 0.2) is 5.65 Å². The predicted octanol–water partition coefficient (Wildman–Crippen LogP) is 5.05. The van der Waals surface area contributed by atoms with Crippen molar-refractivity contribution in [1.82, 2.24) is 25.0 Å². The average molecular weight is 471 g/mol. The number of hydrogen-bond donors (Lipinski definition) is 2. The van der Waals surface area contributed by atoms with Gasteiger partial charge in [0, 0.05) is 28.2 Å². The van der Waals surface area contributed by atoms with Crippen molar-refractivity contribution >= 4 is 34.0 Å². The molecule has 1 aromatic carbocycles. The van der Waals surface area contributed by atoms with Gasteiger partial charge in [0.2, 0.25) is 0 Å². The number of aryl methyl sites for hydroxylation is 1. The van der Waals surface area contributed by atoms with Crippen LogP contribution in [0, 0.1) is 6.92 Å². The number of pyridine rings is 1. The molecule has 8 nitrogen and oxygen atoms in total. The lowest BCUT2D eigenvalue weighted by Gasteiger charge is -2.11. The highest BCUT2D eigenvalue weighted by Crippen LogP contribution is 2.31. The van der Waals surface area contributed by atoms with E-state index in [1.807, 2.05) is 67.9 Å². The van der Waals surface area contributed by atoms with E-state index in [4.69, 9.17) is 4.98 Å². The third-order valence-electron chi connectivity index (χ3n) is 5.39. The summed E-state index contributed by atoms with van der Waals surface area (Å²) in [4.78, 5) is 31.8. The Balaban J connectivity index is 1.55. The fourth-order valence-corrected chi connectivity index (χ4v) is 4.57. The first-order valence-electron chi connectivity index (χ1n) is 10.8. The number of nitrogens with zero attached hydrogens (tertiary/aromatic N) is 4. The van der Waals surface area contributed by atoms with Crippen molar-refractivity contribution in [1.29, 1.82) is 0 Å². The van der Waals surface area contributed by atoms with E-state index in [-0.39, 0.29) is 17.5 Å². The number of amides is 1. The van der Waals surface area contributed by atoms with Crippen molar-refractivity contribution in [2.24, 2.45) is 0 Å². The molecule has 4 aromatic heterocycles. The molecule has 0 unspecified atom stereocenters. The molecule has 0 spiro atoms. The van der Waals surface area contributed by atoms with Crippen LogP contribution in [0.4, 0.5) is 5.69 Å². The summed E-state index contributed by atoms with van der Waals surface area (Å²) in [5.41, 5.74) is 3.65. The largest absolute Gasteiger partial charge is 0.322 e. The number of aromatic amines is 1. The first kappa shape index (κ1) is 21.7. The van der Waals surface area contributed by atoms with Gasteiger partial charge >= 0.3 is 0 Å². The Hall–Kier alpha value is -4.11. The first-order valence-corrected chi connectivity index (χ1v) is 11.6. The van der Waals surface area contributed by atoms with Crippen LogP contribution in [0.1, 0.15) is 35.1 Å². The minimum Gasteiger partial charge on any atom is -0.322 e. The van der Waals surface area contributed by atoms with E-state index in [1.165, 1.54) is 10.9 Å². The number of rotatable bonds is 5. The molecule has 0 bridgehead atoms. The number of benzene rings is 1. The summed E-state index contributed by atoms with van der Waals surface area (Å²) in [6.07, 6.45) is 1.70. The highest BCUT2D eigenvalue weighted by molar-refractivity contribution is 7.15. The molecule has 1 amide bonds. The molecule has 0 atom stereocenters. The lowest BCUT2D eigenvalue weighted by Crippen LogP contribution is -2.13. The van der Waals surface area contributed by atoms with Crippen molar-refractivity contribution in [3.05, 3.63) is 81.6 Å². The average Bonchev–Trinajstić information content (AvgIpc) is 3.45. The van der Waals surface area contributed by atoms with Crippen LogP contribution in [0.25, 0.3) is 32.9 Å². The van der Waals surface area contributed by atoms with Crippen LogP contribution < -0.4 is 10.9 Å². The van der Waals surface area contributed by atoms with Crippen LogP contribution in [0.15, 0.2) is 65.6 Å². The standard InChI is InChI=1S/C25H22N6O2S/c1-14(2)31-24-19(13-26-31)18(12-21(28-24)22-9-7-15(3)34-22)25(33)27-17-6-4-5-16(11-17)20-8-10-23(32)30-29-20/h4-14H,1-3H3,(H,27,33)(H,30,32). The number of fused-ring (bicyclic) bond motifs is 1. The summed E-state index contributed by atoms with van der Waals surface area (Å²) in [6, 6.07) is 16.4. The van der Waals surface area contributed by atoms with Crippen molar-refractivity contribution in [3.8, 4) is 21.8 Å². The van der Waals surface area contributed by atoms with Gasteiger partial charge < -0.3 is 5.32 Å². The normalized spacial score (nSPS) is 11.3. The number of hydrogen-bond acceptors (Lipinski definition) is 6. The minimum atomic E-state index is -0.270. The van der Waals surface area contributed by atoms with Crippen molar-refractivity contribution in [3.63, 3.8) is 0 Å². The Kier molecular flexibility index (Phi) is 5.54. The van der Waals surface area contributed by atoms with Gasteiger partial charge in [-0.05, 0) is 57.2 Å². The van der Waals surface area contributed by atoms with Crippen LogP contribution in [0.2, 0.25) is 0 Å². The molecule has 0 saturated heterocycles. The number of anilines is 1. The fraction of sp³-hybridized carbons (Fsp3) is 0.160. The lowest BCUT2D eigenvalue weighted by molar-refractivity contribution is 0.102. The van der Waals surface area contributed by atoms with E-state index < -0.39 is 0 Å². The molecule has 0 radical (unpaired) electrons. The lowest BCUT2D eigenvalue weighted by atomic mass is 10.1. The molecule has 5 aromatic rings. The summed E-state index contributed by atoms with van der Waals surface area (Å²) in [5, 5.41) is 14.7. The van der Waals surface area contributed by atoms with Gasteiger partial charge in [-0.3, -0.25) is 9.59 Å². The highest BCUT2D eigenvalue weighted by atomic mass is 32.1. The molecule has 9 heteroatoms. The maximum atomic E-state index is 13.5. The second-order valence-corrected chi connectivity index (χ2v) is 9.51. The summed E-state index contributed by atoms with van der Waals surface area (Å²) >= 11 is 1.64. The van der Waals surface area contributed by atoms with Gasteiger partial charge in [-0.15, -0.1) is 11.3 Å². The molecule has 0 fully saturated rings. The number of thiophene rings is 1. The Morgan fingerprint density at radius 2 is 1.94 bits per heavy atom. The molecule has 4 heterocycles. The fourth-order valence-electron chi connectivity index (χ4n) is 3.74. The topological polar surface area (TPSA) is 106 Å². The molecule has 5 rings (SSSR count). The quantitative estimate of drug-likeness (QED) is 0.374. The van der Waals surface area contributed by atoms with E-state index >= 15 is 0 Å². The molecular weight excluding hydrogens is 448 g/mol. The molecule has 0 aliphatic rings. The van der Waals surface area contributed by atoms with Crippen LogP contribution in [0.5, 0.6) is 0 Å². The van der Waals surface area contributed by atoms with Gasteiger partial charge in [0.1, 0.15) is 0 Å². The molecule has 34 heavy (non-hydrogen) atoms. The molecular formula is C25H22N6O2S. The van der Waals surface area contributed by atoms with Crippen molar-refractivity contribution < 1.29 is 4.79 Å². The SMILES string of the molecule is Cc1ccc(-c2cc(C(=O)Nc3cccc(-c4ccc(=O)[nH]n4)c3)c3cnn(C(C)C)c3n2)s1. The monoisotopic (exact) mass is 470 g/mol. The summed E-state index contributed by atoms with van der Waals surface area (Å²) in [5.74, 6) is -0.253. The zero-order valence-corrected chi connectivity index (χ0v) is 19.7. The van der Waals surface area contributed by atoms with E-state index in [2.05, 4.69) is 20.6 Å². The Labute approximate surface area is 199 Å². The number of carbonyl (C=O) groups is 1. The second kappa shape index (κ2) is 8.68. The maximum absolute atomic E-state index is 13.5. The number of aromatic nitrogens is 5. The van der Waals surface area contributed by atoms with E-state index in [1.54, 1.807) is 23.6 Å². The van der Waals surface area contributed by atoms with Gasteiger partial charge in [-0.2, -0.15) is 10.2 Å². The molecule has 0 saturated carbocycles. The Bertz CT molecular complexity index is 1560. The zero-order valence-electron chi connectivity index (χ0n) is 18.9. The first-order chi connectivity index (χ1) is 16.4. The van der Waals surface area contributed by atoms with Crippen molar-refractivity contribution in [2.45, 2.75) is 26.8 Å². The van der Waals surface area contributed by atoms with Gasteiger partial charge in [0.05, 0.1) is 33.4 Å². The third kappa shape index (κ3) is 4.13.